The van der Waals surface area contributed by atoms with Gasteiger partial charge in [0.15, 0.2) is 0 Å². The minimum atomic E-state index is -3.34. The third kappa shape index (κ3) is 7.23. The van der Waals surface area contributed by atoms with E-state index in [9.17, 15) is 17.6 Å². The summed E-state index contributed by atoms with van der Waals surface area (Å²) in [5.41, 5.74) is 1.49. The molecule has 1 N–H and O–H groups in total. The summed E-state index contributed by atoms with van der Waals surface area (Å²) in [6.07, 6.45) is 2.89. The second-order valence-electron chi connectivity index (χ2n) is 6.99. The highest BCUT2D eigenvalue weighted by Gasteiger charge is 2.29. The third-order valence-electron chi connectivity index (χ3n) is 4.69. The summed E-state index contributed by atoms with van der Waals surface area (Å²) in [5, 5.41) is 9.46. The molecule has 2 aromatic carbocycles. The van der Waals surface area contributed by atoms with E-state index in [4.69, 9.17) is 16.7 Å². The van der Waals surface area contributed by atoms with Gasteiger partial charge >= 0.3 is 5.97 Å². The van der Waals surface area contributed by atoms with E-state index in [0.29, 0.717) is 23.7 Å². The van der Waals surface area contributed by atoms with E-state index >= 15 is 0 Å². The maximum absolute atomic E-state index is 12.2. The number of rotatable bonds is 6. The molecule has 162 valence electrons. The van der Waals surface area contributed by atoms with Crippen molar-refractivity contribution in [3.8, 4) is 0 Å². The molecular weight excluding hydrogens is 429 g/mol. The zero-order valence-corrected chi connectivity index (χ0v) is 18.1. The average Bonchev–Trinajstić information content (AvgIpc) is 2.70. The molecule has 1 saturated heterocycles. The smallest absolute Gasteiger partial charge is 0.307 e. The Bertz CT molecular complexity index is 966. The molecule has 1 atom stereocenters. The van der Waals surface area contributed by atoms with Crippen LogP contribution >= 0.6 is 11.6 Å². The van der Waals surface area contributed by atoms with Crippen LogP contribution in [0.5, 0.6) is 0 Å². The van der Waals surface area contributed by atoms with E-state index in [-0.39, 0.29) is 23.9 Å². The molecule has 3 rings (SSSR count). The summed E-state index contributed by atoms with van der Waals surface area (Å²) >= 11 is 6.26. The van der Waals surface area contributed by atoms with Crippen LogP contribution in [0.2, 0.25) is 5.02 Å². The molecule has 0 radical (unpaired) electrons. The highest BCUT2D eigenvalue weighted by atomic mass is 35.5. The number of piperidine rings is 1. The Balaban J connectivity index is 0.000000386. The number of halogens is 2. The van der Waals surface area contributed by atoms with Gasteiger partial charge in [0.2, 0.25) is 10.0 Å². The Morgan fingerprint density at radius 1 is 1.27 bits per heavy atom. The first-order valence-electron chi connectivity index (χ1n) is 9.52. The Hall–Kier alpha value is -2.22. The van der Waals surface area contributed by atoms with Crippen LogP contribution in [0.1, 0.15) is 29.9 Å². The van der Waals surface area contributed by atoms with Crippen LogP contribution in [-0.2, 0) is 21.2 Å². The number of nitrogens with zero attached hydrogens (tertiary/aromatic N) is 1. The van der Waals surface area contributed by atoms with E-state index in [1.54, 1.807) is 36.4 Å². The van der Waals surface area contributed by atoms with E-state index in [2.05, 4.69) is 6.58 Å². The molecule has 0 aliphatic carbocycles. The first-order valence-corrected chi connectivity index (χ1v) is 11.5. The van der Waals surface area contributed by atoms with Gasteiger partial charge in [0.25, 0.3) is 0 Å². The van der Waals surface area contributed by atoms with Crippen molar-refractivity contribution in [1.82, 2.24) is 4.31 Å². The molecule has 0 bridgehead atoms. The zero-order valence-electron chi connectivity index (χ0n) is 16.5. The van der Waals surface area contributed by atoms with Gasteiger partial charge in [-0.1, -0.05) is 48.0 Å². The van der Waals surface area contributed by atoms with Gasteiger partial charge in [-0.15, -0.1) is 6.58 Å². The van der Waals surface area contributed by atoms with Crippen LogP contribution in [-0.4, -0.2) is 42.6 Å². The number of sulfonamides is 1. The van der Waals surface area contributed by atoms with E-state index in [1.165, 1.54) is 22.5 Å². The van der Waals surface area contributed by atoms with Crippen LogP contribution < -0.4 is 0 Å². The van der Waals surface area contributed by atoms with Crippen LogP contribution in [0, 0.1) is 5.82 Å². The zero-order chi connectivity index (χ0) is 22.1. The monoisotopic (exact) mass is 453 g/mol. The minimum absolute atomic E-state index is 0.0235. The topological polar surface area (TPSA) is 74.7 Å². The first kappa shape index (κ1) is 24.1. The number of aliphatic carboxylic acids is 1. The summed E-state index contributed by atoms with van der Waals surface area (Å²) in [7, 11) is -3.34. The summed E-state index contributed by atoms with van der Waals surface area (Å²) < 4.78 is 37.8. The summed E-state index contributed by atoms with van der Waals surface area (Å²) in [4.78, 5) is 10.9. The van der Waals surface area contributed by atoms with Crippen LogP contribution in [0.15, 0.2) is 61.2 Å². The maximum atomic E-state index is 12.2. The molecule has 1 unspecified atom stereocenters. The van der Waals surface area contributed by atoms with E-state index in [0.717, 1.165) is 18.4 Å². The van der Waals surface area contributed by atoms with Gasteiger partial charge in [-0.2, -0.15) is 0 Å². The predicted molar refractivity (Wildman–Crippen MR) is 117 cm³/mol. The van der Waals surface area contributed by atoms with Gasteiger partial charge in [0, 0.05) is 18.1 Å². The SMILES string of the molecule is C=CCS(=O)(=O)N1CCCC(c2cc(CC(=O)O)ccc2Cl)C1.Fc1ccccc1. The molecular formula is C22H25ClFNO4S. The van der Waals surface area contributed by atoms with Gasteiger partial charge in [-0.25, -0.2) is 17.1 Å². The Morgan fingerprint density at radius 2 is 1.97 bits per heavy atom. The van der Waals surface area contributed by atoms with Crippen LogP contribution in [0.4, 0.5) is 4.39 Å². The Kier molecular flexibility index (Phi) is 9.02. The lowest BCUT2D eigenvalue weighted by Crippen LogP contribution is -2.40. The molecule has 1 aliphatic rings. The molecule has 0 spiro atoms. The molecule has 30 heavy (non-hydrogen) atoms. The molecule has 2 aromatic rings. The standard InChI is InChI=1S/C16H20ClNO4S.C6H5F/c1-2-8-23(21,22)18-7-3-4-13(11-18)14-9-12(10-16(19)20)5-6-15(14)17;7-6-4-2-1-3-5-6/h2,5-6,9,13H,1,3-4,7-8,10-11H2,(H,19,20);1-5H. The molecule has 1 aliphatic heterocycles. The van der Waals surface area contributed by atoms with Gasteiger partial charge in [0.1, 0.15) is 5.82 Å². The fourth-order valence-electron chi connectivity index (χ4n) is 3.31. The van der Waals surface area contributed by atoms with Gasteiger partial charge in [-0.05, 0) is 48.1 Å². The van der Waals surface area contributed by atoms with E-state index in [1.807, 2.05) is 0 Å². The normalized spacial score (nSPS) is 16.9. The average molecular weight is 454 g/mol. The lowest BCUT2D eigenvalue weighted by molar-refractivity contribution is -0.136. The Morgan fingerprint density at radius 3 is 2.53 bits per heavy atom. The molecule has 1 heterocycles. The van der Waals surface area contributed by atoms with Crippen LogP contribution in [0.3, 0.4) is 0 Å². The minimum Gasteiger partial charge on any atom is -0.481 e. The second-order valence-corrected chi connectivity index (χ2v) is 9.41. The van der Waals surface area contributed by atoms with Gasteiger partial charge in [-0.3, -0.25) is 4.79 Å². The maximum Gasteiger partial charge on any atom is 0.307 e. The predicted octanol–water partition coefficient (Wildman–Crippen LogP) is 4.49. The summed E-state index contributed by atoms with van der Waals surface area (Å²) in [6, 6.07) is 13.1. The first-order chi connectivity index (χ1) is 14.2. The third-order valence-corrected chi connectivity index (χ3v) is 6.81. The van der Waals surface area contributed by atoms with Gasteiger partial charge < -0.3 is 5.11 Å². The molecule has 1 fully saturated rings. The molecule has 0 aromatic heterocycles. The summed E-state index contributed by atoms with van der Waals surface area (Å²) in [6.45, 7) is 4.36. The van der Waals surface area contributed by atoms with Crippen molar-refractivity contribution >= 4 is 27.6 Å². The fourth-order valence-corrected chi connectivity index (χ4v) is 4.90. The number of hydrogen-bond donors (Lipinski definition) is 1. The second kappa shape index (κ2) is 11.2. The van der Waals surface area contributed by atoms with Crippen molar-refractivity contribution in [3.05, 3.63) is 83.2 Å². The molecule has 5 nitrogen and oxygen atoms in total. The number of carboxylic acids is 1. The fraction of sp³-hybridized carbons (Fsp3) is 0.318. The molecule has 0 amide bonds. The van der Waals surface area contributed by atoms with E-state index < -0.39 is 16.0 Å². The number of carboxylic acid groups (broad SMARTS) is 1. The van der Waals surface area contributed by atoms with Crippen molar-refractivity contribution in [2.45, 2.75) is 25.2 Å². The number of hydrogen-bond acceptors (Lipinski definition) is 3. The molecule has 8 heteroatoms. The number of benzene rings is 2. The highest BCUT2D eigenvalue weighted by molar-refractivity contribution is 7.89. The van der Waals surface area contributed by atoms with Crippen molar-refractivity contribution in [1.29, 1.82) is 0 Å². The lowest BCUT2D eigenvalue weighted by atomic mass is 9.90. The van der Waals surface area contributed by atoms with Crippen LogP contribution in [0.25, 0.3) is 0 Å². The van der Waals surface area contributed by atoms with Crippen molar-refractivity contribution < 1.29 is 22.7 Å². The Labute approximate surface area is 181 Å². The molecule has 0 saturated carbocycles. The van der Waals surface area contributed by atoms with Crippen molar-refractivity contribution in [2.24, 2.45) is 0 Å². The summed E-state index contributed by atoms with van der Waals surface area (Å²) in [5.74, 6) is -1.18. The quantitative estimate of drug-likeness (QED) is 0.654. The number of carbonyl (C=O) groups is 1. The lowest BCUT2D eigenvalue weighted by Gasteiger charge is -2.32. The highest BCUT2D eigenvalue weighted by Crippen LogP contribution is 2.33. The van der Waals surface area contributed by atoms with Crippen molar-refractivity contribution in [2.75, 3.05) is 18.8 Å². The van der Waals surface area contributed by atoms with Crippen molar-refractivity contribution in [3.63, 3.8) is 0 Å². The largest absolute Gasteiger partial charge is 0.481 e. The van der Waals surface area contributed by atoms with Gasteiger partial charge in [0.05, 0.1) is 12.2 Å².